The molecule has 0 radical (unpaired) electrons. The minimum absolute atomic E-state index is 0.0134. The highest BCUT2D eigenvalue weighted by Crippen LogP contribution is 2.34. The number of amides is 2. The van der Waals surface area contributed by atoms with Crippen LogP contribution in [0.25, 0.3) is 0 Å². The largest absolute Gasteiger partial charge is 0.396 e. The van der Waals surface area contributed by atoms with Crippen molar-refractivity contribution < 1.29 is 14.7 Å². The number of aliphatic hydroxyl groups excluding tert-OH is 1. The van der Waals surface area contributed by atoms with Crippen molar-refractivity contribution >= 4 is 29.1 Å². The van der Waals surface area contributed by atoms with E-state index in [0.717, 1.165) is 18.5 Å². The first-order valence-corrected chi connectivity index (χ1v) is 8.46. The SMILES string of the molecule is O=C(NC(CCO)C1CC1)C1CCN(c2cccc(Cl)c2)C1=O. The summed E-state index contributed by atoms with van der Waals surface area (Å²) >= 11 is 5.97. The first-order valence-electron chi connectivity index (χ1n) is 8.08. The molecular weight excluding hydrogens is 316 g/mol. The molecule has 2 atom stereocenters. The van der Waals surface area contributed by atoms with E-state index in [4.69, 9.17) is 16.7 Å². The van der Waals surface area contributed by atoms with Crippen molar-refractivity contribution in [1.29, 1.82) is 0 Å². The van der Waals surface area contributed by atoms with E-state index in [0.29, 0.717) is 30.3 Å². The summed E-state index contributed by atoms with van der Waals surface area (Å²) in [5.74, 6) is -0.589. The highest BCUT2D eigenvalue weighted by atomic mass is 35.5. The summed E-state index contributed by atoms with van der Waals surface area (Å²) in [5.41, 5.74) is 0.729. The molecule has 124 valence electrons. The molecule has 1 aliphatic carbocycles. The smallest absolute Gasteiger partial charge is 0.239 e. The molecule has 23 heavy (non-hydrogen) atoms. The Balaban J connectivity index is 1.65. The minimum atomic E-state index is -0.645. The number of anilines is 1. The molecule has 0 aromatic heterocycles. The molecule has 2 unspecified atom stereocenters. The number of rotatable bonds is 6. The lowest BCUT2D eigenvalue weighted by atomic mass is 10.0. The molecule has 1 aromatic rings. The molecule has 2 amide bonds. The maximum Gasteiger partial charge on any atom is 0.239 e. The van der Waals surface area contributed by atoms with Crippen LogP contribution in [0, 0.1) is 11.8 Å². The summed E-state index contributed by atoms with van der Waals surface area (Å²) < 4.78 is 0. The van der Waals surface area contributed by atoms with E-state index >= 15 is 0 Å². The second-order valence-electron chi connectivity index (χ2n) is 6.28. The normalized spacial score (nSPS) is 22.3. The highest BCUT2D eigenvalue weighted by molar-refractivity contribution is 6.31. The van der Waals surface area contributed by atoms with Crippen LogP contribution in [-0.2, 0) is 9.59 Å². The molecule has 1 heterocycles. The predicted molar refractivity (Wildman–Crippen MR) is 88.3 cm³/mol. The molecule has 2 N–H and O–H groups in total. The fourth-order valence-corrected chi connectivity index (χ4v) is 3.35. The van der Waals surface area contributed by atoms with Crippen LogP contribution >= 0.6 is 11.6 Å². The molecule has 1 aromatic carbocycles. The van der Waals surface area contributed by atoms with E-state index in [1.165, 1.54) is 0 Å². The van der Waals surface area contributed by atoms with Gasteiger partial charge in [-0.3, -0.25) is 9.59 Å². The van der Waals surface area contributed by atoms with E-state index in [1.54, 1.807) is 23.1 Å². The first-order chi connectivity index (χ1) is 11.1. The van der Waals surface area contributed by atoms with Gasteiger partial charge in [-0.05, 0) is 49.8 Å². The zero-order valence-electron chi connectivity index (χ0n) is 12.9. The number of carbonyl (C=O) groups is 2. The Hall–Kier alpha value is -1.59. The fourth-order valence-electron chi connectivity index (χ4n) is 3.17. The quantitative estimate of drug-likeness (QED) is 0.780. The number of aliphatic hydroxyl groups is 1. The molecule has 1 saturated heterocycles. The van der Waals surface area contributed by atoms with Gasteiger partial charge in [0.1, 0.15) is 5.92 Å². The van der Waals surface area contributed by atoms with Gasteiger partial charge in [-0.25, -0.2) is 0 Å². The van der Waals surface area contributed by atoms with Gasteiger partial charge >= 0.3 is 0 Å². The number of benzene rings is 1. The Morgan fingerprint density at radius 2 is 2.17 bits per heavy atom. The molecule has 1 aliphatic heterocycles. The monoisotopic (exact) mass is 336 g/mol. The van der Waals surface area contributed by atoms with Gasteiger partial charge in [0.05, 0.1) is 0 Å². The van der Waals surface area contributed by atoms with Gasteiger partial charge in [-0.15, -0.1) is 0 Å². The summed E-state index contributed by atoms with van der Waals surface area (Å²) in [6, 6.07) is 7.09. The summed E-state index contributed by atoms with van der Waals surface area (Å²) in [4.78, 5) is 26.6. The third kappa shape index (κ3) is 3.67. The first kappa shape index (κ1) is 16.3. The Morgan fingerprint density at radius 3 is 2.83 bits per heavy atom. The third-order valence-electron chi connectivity index (χ3n) is 4.60. The molecule has 6 heteroatoms. The second-order valence-corrected chi connectivity index (χ2v) is 6.71. The van der Waals surface area contributed by atoms with Crippen molar-refractivity contribution in [1.82, 2.24) is 5.32 Å². The lowest BCUT2D eigenvalue weighted by Gasteiger charge is -2.20. The van der Waals surface area contributed by atoms with Crippen molar-refractivity contribution in [2.24, 2.45) is 11.8 Å². The molecule has 0 spiro atoms. The molecule has 5 nitrogen and oxygen atoms in total. The number of nitrogens with one attached hydrogen (secondary N) is 1. The van der Waals surface area contributed by atoms with Gasteiger partial charge in [0.15, 0.2) is 0 Å². The van der Waals surface area contributed by atoms with Gasteiger partial charge in [0.25, 0.3) is 0 Å². The number of carbonyl (C=O) groups excluding carboxylic acids is 2. The van der Waals surface area contributed by atoms with E-state index in [-0.39, 0.29) is 24.5 Å². The van der Waals surface area contributed by atoms with Crippen LogP contribution in [0.5, 0.6) is 0 Å². The van der Waals surface area contributed by atoms with Crippen molar-refractivity contribution in [2.75, 3.05) is 18.1 Å². The zero-order chi connectivity index (χ0) is 16.4. The summed E-state index contributed by atoms with van der Waals surface area (Å²) in [5, 5.41) is 12.7. The van der Waals surface area contributed by atoms with Gasteiger partial charge in [0, 0.05) is 29.9 Å². The van der Waals surface area contributed by atoms with Gasteiger partial charge in [-0.1, -0.05) is 17.7 Å². The van der Waals surface area contributed by atoms with Gasteiger partial charge < -0.3 is 15.3 Å². The predicted octanol–water partition coefficient (Wildman–Crippen LogP) is 1.97. The zero-order valence-corrected chi connectivity index (χ0v) is 13.6. The number of halogens is 1. The van der Waals surface area contributed by atoms with Crippen molar-refractivity contribution in [3.63, 3.8) is 0 Å². The van der Waals surface area contributed by atoms with E-state index in [2.05, 4.69) is 5.32 Å². The van der Waals surface area contributed by atoms with Crippen LogP contribution in [0.1, 0.15) is 25.7 Å². The van der Waals surface area contributed by atoms with E-state index in [1.807, 2.05) is 6.07 Å². The lowest BCUT2D eigenvalue weighted by molar-refractivity contribution is -0.132. The van der Waals surface area contributed by atoms with E-state index in [9.17, 15) is 9.59 Å². The van der Waals surface area contributed by atoms with Crippen molar-refractivity contribution in [2.45, 2.75) is 31.7 Å². The Labute approximate surface area is 140 Å². The maximum atomic E-state index is 12.6. The van der Waals surface area contributed by atoms with Crippen molar-refractivity contribution in [3.8, 4) is 0 Å². The summed E-state index contributed by atoms with van der Waals surface area (Å²) in [6.45, 7) is 0.570. The molecule has 3 rings (SSSR count). The van der Waals surface area contributed by atoms with Gasteiger partial charge in [0.2, 0.25) is 11.8 Å². The van der Waals surface area contributed by atoms with Crippen LogP contribution in [0.4, 0.5) is 5.69 Å². The minimum Gasteiger partial charge on any atom is -0.396 e. The average Bonchev–Trinajstić information content (AvgIpc) is 3.29. The third-order valence-corrected chi connectivity index (χ3v) is 4.84. The maximum absolute atomic E-state index is 12.6. The van der Waals surface area contributed by atoms with Crippen LogP contribution in [0.3, 0.4) is 0 Å². The summed E-state index contributed by atoms with van der Waals surface area (Å²) in [6.07, 6.45) is 3.22. The molecular formula is C17H21ClN2O3. The van der Waals surface area contributed by atoms with Crippen LogP contribution in [-0.4, -0.2) is 36.1 Å². The van der Waals surface area contributed by atoms with Crippen LogP contribution in [0.2, 0.25) is 5.02 Å². The average molecular weight is 337 g/mol. The fraction of sp³-hybridized carbons (Fsp3) is 0.529. The number of hydrogen-bond acceptors (Lipinski definition) is 3. The second kappa shape index (κ2) is 6.89. The topological polar surface area (TPSA) is 69.6 Å². The standard InChI is InChI=1S/C17H21ClN2O3/c18-12-2-1-3-13(10-12)20-8-6-14(17(20)23)16(22)19-15(7-9-21)11-4-5-11/h1-3,10-11,14-15,21H,4-9H2,(H,19,22). The van der Waals surface area contributed by atoms with E-state index < -0.39 is 5.92 Å². The Bertz CT molecular complexity index is 603. The Kier molecular flexibility index (Phi) is 4.87. The summed E-state index contributed by atoms with van der Waals surface area (Å²) in [7, 11) is 0. The van der Waals surface area contributed by atoms with Crippen LogP contribution < -0.4 is 10.2 Å². The Morgan fingerprint density at radius 1 is 1.39 bits per heavy atom. The molecule has 2 fully saturated rings. The number of hydrogen-bond donors (Lipinski definition) is 2. The van der Waals surface area contributed by atoms with Crippen molar-refractivity contribution in [3.05, 3.63) is 29.3 Å². The number of nitrogens with zero attached hydrogens (tertiary/aromatic N) is 1. The molecule has 0 bridgehead atoms. The lowest BCUT2D eigenvalue weighted by Crippen LogP contribution is -2.43. The molecule has 2 aliphatic rings. The molecule has 1 saturated carbocycles. The highest BCUT2D eigenvalue weighted by Gasteiger charge is 2.40. The van der Waals surface area contributed by atoms with Gasteiger partial charge in [-0.2, -0.15) is 0 Å². The van der Waals surface area contributed by atoms with Crippen LogP contribution in [0.15, 0.2) is 24.3 Å².